The first-order chi connectivity index (χ1) is 7.61. The fourth-order valence-corrected chi connectivity index (χ4v) is 1.43. The summed E-state index contributed by atoms with van der Waals surface area (Å²) in [6.45, 7) is 1.53. The summed E-state index contributed by atoms with van der Waals surface area (Å²) in [6.07, 6.45) is 0. The van der Waals surface area contributed by atoms with Crippen molar-refractivity contribution < 1.29 is 18.8 Å². The Morgan fingerprint density at radius 1 is 1.44 bits per heavy atom. The first-order valence-corrected chi connectivity index (χ1v) is 4.55. The molecule has 2 aromatic rings. The van der Waals surface area contributed by atoms with Gasteiger partial charge in [0.1, 0.15) is 5.82 Å². The molecule has 0 spiro atoms. The highest BCUT2D eigenvalue weighted by molar-refractivity contribution is 5.88. The number of hydrogen-bond donors (Lipinski definition) is 1. The Morgan fingerprint density at radius 2 is 2.12 bits per heavy atom. The molecule has 0 aliphatic heterocycles. The molecule has 1 N–H and O–H groups in total. The van der Waals surface area contributed by atoms with E-state index in [1.54, 1.807) is 12.1 Å². The normalized spacial score (nSPS) is 10.4. The lowest BCUT2D eigenvalue weighted by molar-refractivity contribution is 0.0685. The highest BCUT2D eigenvalue weighted by atomic mass is 19.1. The molecule has 0 amide bonds. The molecule has 0 aliphatic rings. The van der Waals surface area contributed by atoms with Crippen LogP contribution in [0.15, 0.2) is 28.8 Å². The Kier molecular flexibility index (Phi) is 2.44. The fraction of sp³-hybridized carbons (Fsp3) is 0.0909. The van der Waals surface area contributed by atoms with Crippen LogP contribution in [0.1, 0.15) is 16.1 Å². The van der Waals surface area contributed by atoms with E-state index in [2.05, 4.69) is 5.16 Å². The number of aromatic nitrogens is 1. The van der Waals surface area contributed by atoms with E-state index < -0.39 is 11.8 Å². The first kappa shape index (κ1) is 10.4. The maximum Gasteiger partial charge on any atom is 0.358 e. The van der Waals surface area contributed by atoms with Crippen molar-refractivity contribution in [3.05, 3.63) is 41.3 Å². The van der Waals surface area contributed by atoms with Gasteiger partial charge in [-0.1, -0.05) is 17.3 Å². The van der Waals surface area contributed by atoms with Crippen molar-refractivity contribution in [1.29, 1.82) is 0 Å². The van der Waals surface area contributed by atoms with E-state index in [-0.39, 0.29) is 17.0 Å². The molecular weight excluding hydrogens is 213 g/mol. The van der Waals surface area contributed by atoms with Gasteiger partial charge in [0.05, 0.1) is 5.56 Å². The minimum Gasteiger partial charge on any atom is -0.476 e. The van der Waals surface area contributed by atoms with Crippen LogP contribution in [0.2, 0.25) is 0 Å². The lowest BCUT2D eigenvalue weighted by Crippen LogP contribution is -1.98. The van der Waals surface area contributed by atoms with Crippen molar-refractivity contribution in [3.63, 3.8) is 0 Å². The van der Waals surface area contributed by atoms with E-state index in [1.807, 2.05) is 0 Å². The third kappa shape index (κ3) is 1.56. The van der Waals surface area contributed by atoms with Crippen LogP contribution < -0.4 is 0 Å². The molecule has 0 atom stereocenters. The maximum absolute atomic E-state index is 13.4. The predicted molar refractivity (Wildman–Crippen MR) is 53.6 cm³/mol. The molecule has 0 bridgehead atoms. The maximum atomic E-state index is 13.4. The number of carboxylic acids is 1. The predicted octanol–water partition coefficient (Wildman–Crippen LogP) is 2.49. The molecule has 5 heteroatoms. The van der Waals surface area contributed by atoms with Gasteiger partial charge in [-0.05, 0) is 19.1 Å². The van der Waals surface area contributed by atoms with Gasteiger partial charge >= 0.3 is 5.97 Å². The zero-order valence-electron chi connectivity index (χ0n) is 8.40. The Bertz CT molecular complexity index is 548. The Morgan fingerprint density at radius 3 is 2.69 bits per heavy atom. The SMILES string of the molecule is Cc1c(C(=O)O)noc1-c1ccccc1F. The molecule has 82 valence electrons. The quantitative estimate of drug-likeness (QED) is 0.846. The summed E-state index contributed by atoms with van der Waals surface area (Å²) in [5, 5.41) is 12.2. The van der Waals surface area contributed by atoms with Crippen molar-refractivity contribution in [2.45, 2.75) is 6.92 Å². The van der Waals surface area contributed by atoms with Gasteiger partial charge < -0.3 is 9.63 Å². The van der Waals surface area contributed by atoms with Crippen molar-refractivity contribution in [2.75, 3.05) is 0 Å². The molecule has 4 nitrogen and oxygen atoms in total. The van der Waals surface area contributed by atoms with Crippen molar-refractivity contribution in [3.8, 4) is 11.3 Å². The van der Waals surface area contributed by atoms with Gasteiger partial charge in [-0.2, -0.15) is 0 Å². The summed E-state index contributed by atoms with van der Waals surface area (Å²) >= 11 is 0. The first-order valence-electron chi connectivity index (χ1n) is 4.55. The molecular formula is C11H8FNO3. The average Bonchev–Trinajstić information content (AvgIpc) is 2.61. The molecule has 0 saturated heterocycles. The van der Waals surface area contributed by atoms with Crippen LogP contribution in [-0.4, -0.2) is 16.2 Å². The number of carbonyl (C=O) groups is 1. The zero-order chi connectivity index (χ0) is 11.7. The second-order valence-electron chi connectivity index (χ2n) is 3.27. The Balaban J connectivity index is 2.58. The van der Waals surface area contributed by atoms with Gasteiger partial charge in [0.2, 0.25) is 0 Å². The van der Waals surface area contributed by atoms with Gasteiger partial charge in [0.25, 0.3) is 0 Å². The third-order valence-corrected chi connectivity index (χ3v) is 2.25. The summed E-state index contributed by atoms with van der Waals surface area (Å²) in [6, 6.07) is 5.97. The largest absolute Gasteiger partial charge is 0.476 e. The van der Waals surface area contributed by atoms with E-state index in [1.165, 1.54) is 19.1 Å². The molecule has 1 heterocycles. The van der Waals surface area contributed by atoms with E-state index in [0.29, 0.717) is 5.56 Å². The van der Waals surface area contributed by atoms with E-state index >= 15 is 0 Å². The minimum absolute atomic E-state index is 0.149. The summed E-state index contributed by atoms with van der Waals surface area (Å²) in [4.78, 5) is 10.7. The number of rotatable bonds is 2. The smallest absolute Gasteiger partial charge is 0.358 e. The number of benzene rings is 1. The number of carboxylic acid groups (broad SMARTS) is 1. The third-order valence-electron chi connectivity index (χ3n) is 2.25. The van der Waals surface area contributed by atoms with E-state index in [9.17, 15) is 9.18 Å². The van der Waals surface area contributed by atoms with Gasteiger partial charge in [-0.15, -0.1) is 0 Å². The van der Waals surface area contributed by atoms with E-state index in [0.717, 1.165) is 0 Å². The Hall–Kier alpha value is -2.17. The number of halogens is 1. The van der Waals surface area contributed by atoms with Crippen LogP contribution in [0.5, 0.6) is 0 Å². The van der Waals surface area contributed by atoms with Gasteiger partial charge in [0.15, 0.2) is 11.5 Å². The van der Waals surface area contributed by atoms with Gasteiger partial charge in [-0.25, -0.2) is 9.18 Å². The average molecular weight is 221 g/mol. The van der Waals surface area contributed by atoms with E-state index in [4.69, 9.17) is 9.63 Å². The number of aromatic carboxylic acids is 1. The number of hydrogen-bond acceptors (Lipinski definition) is 3. The highest BCUT2D eigenvalue weighted by Gasteiger charge is 2.20. The van der Waals surface area contributed by atoms with Crippen molar-refractivity contribution in [2.24, 2.45) is 0 Å². The number of nitrogens with zero attached hydrogens (tertiary/aromatic N) is 1. The standard InChI is InChI=1S/C11H8FNO3/c1-6-9(11(14)15)13-16-10(6)7-4-2-3-5-8(7)12/h2-5H,1H3,(H,14,15). The zero-order valence-corrected chi connectivity index (χ0v) is 8.40. The molecule has 0 aliphatic carbocycles. The van der Waals surface area contributed by atoms with Crippen LogP contribution in [-0.2, 0) is 0 Å². The highest BCUT2D eigenvalue weighted by Crippen LogP contribution is 2.27. The van der Waals surface area contributed by atoms with Crippen molar-refractivity contribution in [1.82, 2.24) is 5.16 Å². The molecule has 1 aromatic heterocycles. The molecule has 0 radical (unpaired) electrons. The molecule has 0 unspecified atom stereocenters. The Labute approximate surface area is 90.3 Å². The van der Waals surface area contributed by atoms with Crippen LogP contribution in [0, 0.1) is 12.7 Å². The van der Waals surface area contributed by atoms with Gasteiger partial charge in [0, 0.05) is 5.56 Å². The topological polar surface area (TPSA) is 63.3 Å². The van der Waals surface area contributed by atoms with Crippen molar-refractivity contribution >= 4 is 5.97 Å². The minimum atomic E-state index is -1.19. The van der Waals surface area contributed by atoms with Crippen LogP contribution in [0.4, 0.5) is 4.39 Å². The second kappa shape index (κ2) is 3.77. The molecule has 1 aromatic carbocycles. The fourth-order valence-electron chi connectivity index (χ4n) is 1.43. The summed E-state index contributed by atoms with van der Waals surface area (Å²) in [5.41, 5.74) is 0.329. The molecule has 0 saturated carbocycles. The van der Waals surface area contributed by atoms with Crippen LogP contribution in [0.3, 0.4) is 0 Å². The van der Waals surface area contributed by atoms with Gasteiger partial charge in [-0.3, -0.25) is 0 Å². The van der Waals surface area contributed by atoms with Crippen LogP contribution in [0.25, 0.3) is 11.3 Å². The lowest BCUT2D eigenvalue weighted by Gasteiger charge is -1.98. The molecule has 2 rings (SSSR count). The summed E-state index contributed by atoms with van der Waals surface area (Å²) < 4.78 is 18.3. The summed E-state index contributed by atoms with van der Waals surface area (Å²) in [7, 11) is 0. The van der Waals surface area contributed by atoms with Crippen LogP contribution >= 0.6 is 0 Å². The second-order valence-corrected chi connectivity index (χ2v) is 3.27. The molecule has 0 fully saturated rings. The monoisotopic (exact) mass is 221 g/mol. The molecule has 16 heavy (non-hydrogen) atoms. The lowest BCUT2D eigenvalue weighted by atomic mass is 10.1. The summed E-state index contributed by atoms with van der Waals surface area (Å²) in [5.74, 6) is -1.52.